The molecule has 0 unspecified atom stereocenters. The lowest BCUT2D eigenvalue weighted by Crippen LogP contribution is -2.08. The Morgan fingerprint density at radius 1 is 0.861 bits per heavy atom. The van der Waals surface area contributed by atoms with E-state index in [1.54, 1.807) is 6.20 Å². The van der Waals surface area contributed by atoms with Crippen LogP contribution in [-0.2, 0) is 26.0 Å². The molecule has 0 atom stereocenters. The van der Waals surface area contributed by atoms with Gasteiger partial charge in [0.15, 0.2) is 0 Å². The third-order valence-electron chi connectivity index (χ3n) is 7.21. The first-order chi connectivity index (χ1) is 17.7. The van der Waals surface area contributed by atoms with Crippen molar-refractivity contribution in [3.63, 3.8) is 0 Å². The zero-order valence-electron chi connectivity index (χ0n) is 19.7. The van der Waals surface area contributed by atoms with Crippen LogP contribution in [0.5, 0.6) is 5.75 Å². The summed E-state index contributed by atoms with van der Waals surface area (Å²) in [6.07, 6.45) is 5.00. The average molecular weight is 473 g/mol. The van der Waals surface area contributed by atoms with Gasteiger partial charge in [-0.2, -0.15) is 0 Å². The molecule has 0 saturated carbocycles. The van der Waals surface area contributed by atoms with Gasteiger partial charge >= 0.3 is 5.63 Å². The van der Waals surface area contributed by atoms with E-state index in [-0.39, 0.29) is 5.63 Å². The van der Waals surface area contributed by atoms with Gasteiger partial charge in [-0.3, -0.25) is 0 Å². The van der Waals surface area contributed by atoms with Gasteiger partial charge in [0.1, 0.15) is 17.9 Å². The van der Waals surface area contributed by atoms with Crippen LogP contribution in [0, 0.1) is 0 Å². The molecule has 36 heavy (non-hydrogen) atoms. The monoisotopic (exact) mass is 472 g/mol. The average Bonchev–Trinajstić information content (AvgIpc) is 3.50. The smallest absolute Gasteiger partial charge is 0.362 e. The molecule has 0 radical (unpaired) electrons. The standard InChI is InChI=1S/C31H24N2O3/c34-31-29-28(25-10-5-15-32-30(25)36-31)26-16-22-8-4-9-23(22)17-27(26)33(29)18-20-11-13-24(14-12-20)35-19-21-6-2-1-3-7-21/h1-3,5-7,10-17H,4,8-9,18-19H2. The molecular weight excluding hydrogens is 448 g/mol. The number of fused-ring (bicyclic) bond motifs is 6. The third kappa shape index (κ3) is 3.47. The molecule has 3 heterocycles. The Labute approximate surface area is 207 Å². The van der Waals surface area contributed by atoms with E-state index in [1.807, 2.05) is 42.5 Å². The molecule has 0 bridgehead atoms. The van der Waals surface area contributed by atoms with Crippen molar-refractivity contribution in [2.45, 2.75) is 32.4 Å². The molecule has 0 saturated heterocycles. The van der Waals surface area contributed by atoms with Gasteiger partial charge in [-0.15, -0.1) is 0 Å². The highest BCUT2D eigenvalue weighted by Gasteiger charge is 2.22. The number of hydrogen-bond donors (Lipinski definition) is 0. The molecule has 1 aliphatic rings. The minimum Gasteiger partial charge on any atom is -0.489 e. The fraction of sp³-hybridized carbons (Fsp3) is 0.161. The first-order valence-corrected chi connectivity index (χ1v) is 12.4. The fourth-order valence-electron chi connectivity index (χ4n) is 5.48. The van der Waals surface area contributed by atoms with E-state index in [2.05, 4.69) is 45.9 Å². The zero-order chi connectivity index (χ0) is 24.1. The predicted octanol–water partition coefficient (Wildman–Crippen LogP) is 6.41. The zero-order valence-corrected chi connectivity index (χ0v) is 19.7. The van der Waals surface area contributed by atoms with E-state index in [9.17, 15) is 4.79 Å². The Morgan fingerprint density at radius 2 is 1.67 bits per heavy atom. The second-order valence-corrected chi connectivity index (χ2v) is 9.47. The number of benzene rings is 3. The summed E-state index contributed by atoms with van der Waals surface area (Å²) in [7, 11) is 0. The highest BCUT2D eigenvalue weighted by molar-refractivity contribution is 6.18. The molecule has 1 aliphatic carbocycles. The summed E-state index contributed by atoms with van der Waals surface area (Å²) in [6.45, 7) is 1.09. The van der Waals surface area contributed by atoms with Crippen LogP contribution in [0.4, 0.5) is 0 Å². The first kappa shape index (κ1) is 20.9. The number of aromatic nitrogens is 2. The first-order valence-electron chi connectivity index (χ1n) is 12.4. The minimum absolute atomic E-state index is 0.352. The van der Waals surface area contributed by atoms with E-state index in [1.165, 1.54) is 17.5 Å². The molecule has 6 aromatic rings. The molecule has 3 aromatic carbocycles. The van der Waals surface area contributed by atoms with Crippen LogP contribution in [0.1, 0.15) is 28.7 Å². The molecule has 176 valence electrons. The van der Waals surface area contributed by atoms with Gasteiger partial charge in [0.2, 0.25) is 5.71 Å². The van der Waals surface area contributed by atoms with Crippen molar-refractivity contribution in [2.75, 3.05) is 0 Å². The van der Waals surface area contributed by atoms with Gasteiger partial charge < -0.3 is 13.7 Å². The Morgan fingerprint density at radius 3 is 2.50 bits per heavy atom. The summed E-state index contributed by atoms with van der Waals surface area (Å²) in [5, 5.41) is 2.90. The molecule has 0 spiro atoms. The molecular formula is C31H24N2O3. The Hall–Kier alpha value is -4.38. The van der Waals surface area contributed by atoms with Crippen LogP contribution in [-0.4, -0.2) is 9.55 Å². The third-order valence-corrected chi connectivity index (χ3v) is 7.21. The van der Waals surface area contributed by atoms with Crippen LogP contribution < -0.4 is 10.4 Å². The van der Waals surface area contributed by atoms with Crippen molar-refractivity contribution in [1.82, 2.24) is 9.55 Å². The Kier molecular flexibility index (Phi) is 4.88. The summed E-state index contributed by atoms with van der Waals surface area (Å²) in [6, 6.07) is 26.7. The number of nitrogens with zero attached hydrogens (tertiary/aromatic N) is 2. The predicted molar refractivity (Wildman–Crippen MR) is 142 cm³/mol. The van der Waals surface area contributed by atoms with Crippen LogP contribution in [0.2, 0.25) is 0 Å². The summed E-state index contributed by atoms with van der Waals surface area (Å²) in [5.74, 6) is 0.819. The topological polar surface area (TPSA) is 57.3 Å². The van der Waals surface area contributed by atoms with Gasteiger partial charge in [0, 0.05) is 34.4 Å². The molecule has 5 nitrogen and oxygen atoms in total. The van der Waals surface area contributed by atoms with Gasteiger partial charge in [0.25, 0.3) is 0 Å². The van der Waals surface area contributed by atoms with E-state index < -0.39 is 0 Å². The molecule has 0 amide bonds. The lowest BCUT2D eigenvalue weighted by molar-refractivity contribution is 0.306. The summed E-state index contributed by atoms with van der Waals surface area (Å²) >= 11 is 0. The number of pyridine rings is 1. The quantitative estimate of drug-likeness (QED) is 0.291. The molecule has 0 aliphatic heterocycles. The maximum Gasteiger partial charge on any atom is 0.362 e. The lowest BCUT2D eigenvalue weighted by Gasteiger charge is -2.10. The van der Waals surface area contributed by atoms with E-state index >= 15 is 0 Å². The molecule has 5 heteroatoms. The highest BCUT2D eigenvalue weighted by Crippen LogP contribution is 2.36. The summed E-state index contributed by atoms with van der Waals surface area (Å²) < 4.78 is 13.7. The maximum atomic E-state index is 13.3. The summed E-state index contributed by atoms with van der Waals surface area (Å²) in [5.41, 5.74) is 6.68. The van der Waals surface area contributed by atoms with Gasteiger partial charge in [0.05, 0.1) is 0 Å². The Balaban J connectivity index is 1.32. The lowest BCUT2D eigenvalue weighted by atomic mass is 10.0. The van der Waals surface area contributed by atoms with Gasteiger partial charge in [-0.05, 0) is 77.9 Å². The fourth-order valence-corrected chi connectivity index (χ4v) is 5.48. The van der Waals surface area contributed by atoms with Crippen LogP contribution >= 0.6 is 0 Å². The second-order valence-electron chi connectivity index (χ2n) is 9.47. The van der Waals surface area contributed by atoms with Gasteiger partial charge in [-0.1, -0.05) is 42.5 Å². The van der Waals surface area contributed by atoms with Crippen molar-refractivity contribution in [3.8, 4) is 5.75 Å². The SMILES string of the molecule is O=c1oc2ncccc2c2c3cc4c(cc3n(Cc3ccc(OCc5ccccc5)cc3)c12)CCC4. The van der Waals surface area contributed by atoms with Crippen molar-refractivity contribution in [2.24, 2.45) is 0 Å². The van der Waals surface area contributed by atoms with Crippen molar-refractivity contribution >= 4 is 32.9 Å². The molecule has 0 fully saturated rings. The van der Waals surface area contributed by atoms with Crippen molar-refractivity contribution in [3.05, 3.63) is 118 Å². The number of aryl methyl sites for hydroxylation is 2. The second kappa shape index (κ2) is 8.38. The Bertz CT molecular complexity index is 1800. The molecule has 3 aromatic heterocycles. The number of ether oxygens (including phenoxy) is 1. The van der Waals surface area contributed by atoms with E-state index in [0.29, 0.717) is 24.4 Å². The van der Waals surface area contributed by atoms with E-state index in [4.69, 9.17) is 9.15 Å². The van der Waals surface area contributed by atoms with Crippen molar-refractivity contribution in [1.29, 1.82) is 0 Å². The van der Waals surface area contributed by atoms with E-state index in [0.717, 1.165) is 51.4 Å². The normalized spacial score (nSPS) is 13.0. The number of rotatable bonds is 5. The van der Waals surface area contributed by atoms with Crippen LogP contribution in [0.15, 0.2) is 94.3 Å². The molecule has 0 N–H and O–H groups in total. The minimum atomic E-state index is -0.352. The van der Waals surface area contributed by atoms with Crippen LogP contribution in [0.25, 0.3) is 32.9 Å². The van der Waals surface area contributed by atoms with Crippen LogP contribution in [0.3, 0.4) is 0 Å². The maximum absolute atomic E-state index is 13.3. The highest BCUT2D eigenvalue weighted by atomic mass is 16.5. The largest absolute Gasteiger partial charge is 0.489 e. The summed E-state index contributed by atoms with van der Waals surface area (Å²) in [4.78, 5) is 17.6. The van der Waals surface area contributed by atoms with Gasteiger partial charge in [-0.25, -0.2) is 9.78 Å². The number of hydrogen-bond acceptors (Lipinski definition) is 4. The molecule has 7 rings (SSSR count). The van der Waals surface area contributed by atoms with Crippen molar-refractivity contribution < 1.29 is 9.15 Å².